The van der Waals surface area contributed by atoms with Gasteiger partial charge in [0.05, 0.1) is 4.90 Å². The molecule has 2 rings (SSSR count). The molecule has 0 bridgehead atoms. The molecule has 0 unspecified atom stereocenters. The van der Waals surface area contributed by atoms with Crippen LogP contribution in [0.3, 0.4) is 0 Å². The van der Waals surface area contributed by atoms with E-state index in [1.165, 1.54) is 32.3 Å². The van der Waals surface area contributed by atoms with Gasteiger partial charge in [0, 0.05) is 30.9 Å². The molecule has 0 aliphatic carbocycles. The SMILES string of the molecule is CN(C)S(=O)(=O)c1cccc(NC(=O)/C=C/c2ccccc2Cl)c1. The number of carbonyl (C=O) groups is 1. The van der Waals surface area contributed by atoms with Gasteiger partial charge in [-0.15, -0.1) is 0 Å². The molecule has 5 nitrogen and oxygen atoms in total. The van der Waals surface area contributed by atoms with E-state index in [2.05, 4.69) is 5.32 Å². The molecule has 0 saturated heterocycles. The van der Waals surface area contributed by atoms with Gasteiger partial charge in [0.15, 0.2) is 0 Å². The van der Waals surface area contributed by atoms with Gasteiger partial charge in [0.1, 0.15) is 0 Å². The summed E-state index contributed by atoms with van der Waals surface area (Å²) in [5.74, 6) is -0.380. The summed E-state index contributed by atoms with van der Waals surface area (Å²) in [7, 11) is -0.647. The summed E-state index contributed by atoms with van der Waals surface area (Å²) in [6.45, 7) is 0. The minimum atomic E-state index is -3.55. The number of nitrogens with one attached hydrogen (secondary N) is 1. The van der Waals surface area contributed by atoms with E-state index < -0.39 is 10.0 Å². The molecule has 2 aromatic rings. The number of hydrogen-bond donors (Lipinski definition) is 1. The number of halogens is 1. The highest BCUT2D eigenvalue weighted by atomic mass is 35.5. The van der Waals surface area contributed by atoms with Crippen molar-refractivity contribution in [3.63, 3.8) is 0 Å². The third kappa shape index (κ3) is 4.44. The zero-order valence-electron chi connectivity index (χ0n) is 13.2. The smallest absolute Gasteiger partial charge is 0.248 e. The number of carbonyl (C=O) groups excluding carboxylic acids is 1. The monoisotopic (exact) mass is 364 g/mol. The van der Waals surface area contributed by atoms with Crippen molar-refractivity contribution in [3.8, 4) is 0 Å². The number of amides is 1. The molecular formula is C17H17ClN2O3S. The van der Waals surface area contributed by atoms with Crippen LogP contribution >= 0.6 is 11.6 Å². The lowest BCUT2D eigenvalue weighted by Crippen LogP contribution is -2.22. The summed E-state index contributed by atoms with van der Waals surface area (Å²) < 4.78 is 25.3. The van der Waals surface area contributed by atoms with Crippen LogP contribution in [0.5, 0.6) is 0 Å². The summed E-state index contributed by atoms with van der Waals surface area (Å²) >= 11 is 6.01. The molecule has 24 heavy (non-hydrogen) atoms. The summed E-state index contributed by atoms with van der Waals surface area (Å²) in [6, 6.07) is 13.2. The van der Waals surface area contributed by atoms with Gasteiger partial charge in [0.2, 0.25) is 15.9 Å². The fraction of sp³-hybridized carbons (Fsp3) is 0.118. The van der Waals surface area contributed by atoms with E-state index in [0.717, 1.165) is 9.87 Å². The second-order valence-corrected chi connectivity index (χ2v) is 7.72. The second kappa shape index (κ2) is 7.61. The lowest BCUT2D eigenvalue weighted by Gasteiger charge is -2.12. The van der Waals surface area contributed by atoms with Gasteiger partial charge in [-0.2, -0.15) is 0 Å². The molecular weight excluding hydrogens is 348 g/mol. The molecule has 2 aromatic carbocycles. The normalized spacial score (nSPS) is 11.8. The highest BCUT2D eigenvalue weighted by Gasteiger charge is 2.17. The van der Waals surface area contributed by atoms with Crippen molar-refractivity contribution in [1.29, 1.82) is 0 Å². The van der Waals surface area contributed by atoms with E-state index in [4.69, 9.17) is 11.6 Å². The van der Waals surface area contributed by atoms with Crippen LogP contribution < -0.4 is 5.32 Å². The fourth-order valence-electron chi connectivity index (χ4n) is 1.90. The molecule has 0 fully saturated rings. The average molecular weight is 365 g/mol. The maximum Gasteiger partial charge on any atom is 0.248 e. The van der Waals surface area contributed by atoms with Gasteiger partial charge in [-0.1, -0.05) is 35.9 Å². The summed E-state index contributed by atoms with van der Waals surface area (Å²) in [4.78, 5) is 12.1. The molecule has 0 heterocycles. The van der Waals surface area contributed by atoms with Gasteiger partial charge in [0.25, 0.3) is 0 Å². The number of anilines is 1. The largest absolute Gasteiger partial charge is 0.322 e. The molecule has 0 radical (unpaired) electrons. The average Bonchev–Trinajstić information content (AvgIpc) is 2.54. The Hall–Kier alpha value is -2.15. The third-order valence-corrected chi connectivity index (χ3v) is 5.35. The van der Waals surface area contributed by atoms with Crippen molar-refractivity contribution in [2.45, 2.75) is 4.90 Å². The van der Waals surface area contributed by atoms with Gasteiger partial charge >= 0.3 is 0 Å². The lowest BCUT2D eigenvalue weighted by molar-refractivity contribution is -0.111. The molecule has 126 valence electrons. The quantitative estimate of drug-likeness (QED) is 0.828. The Kier molecular flexibility index (Phi) is 5.77. The maximum absolute atomic E-state index is 12.1. The van der Waals surface area contributed by atoms with E-state index in [-0.39, 0.29) is 10.8 Å². The van der Waals surface area contributed by atoms with Crippen LogP contribution in [-0.2, 0) is 14.8 Å². The number of hydrogen-bond acceptors (Lipinski definition) is 3. The molecule has 1 N–H and O–H groups in total. The Morgan fingerprint density at radius 2 is 1.83 bits per heavy atom. The lowest BCUT2D eigenvalue weighted by atomic mass is 10.2. The Morgan fingerprint density at radius 3 is 2.50 bits per heavy atom. The van der Waals surface area contributed by atoms with Gasteiger partial charge in [-0.3, -0.25) is 4.79 Å². The molecule has 0 atom stereocenters. The fourth-order valence-corrected chi connectivity index (χ4v) is 3.05. The van der Waals surface area contributed by atoms with Crippen molar-refractivity contribution < 1.29 is 13.2 Å². The van der Waals surface area contributed by atoms with E-state index in [1.807, 2.05) is 6.07 Å². The molecule has 1 amide bonds. The first-order valence-corrected chi connectivity index (χ1v) is 8.88. The van der Waals surface area contributed by atoms with Gasteiger partial charge < -0.3 is 5.32 Å². The van der Waals surface area contributed by atoms with Crippen LogP contribution in [0.15, 0.2) is 59.5 Å². The predicted octanol–water partition coefficient (Wildman–Crippen LogP) is 3.24. The zero-order valence-corrected chi connectivity index (χ0v) is 14.8. The standard InChI is InChI=1S/C17H17ClN2O3S/c1-20(2)24(22,23)15-8-5-7-14(12-15)19-17(21)11-10-13-6-3-4-9-16(13)18/h3-12H,1-2H3,(H,19,21)/b11-10+. The number of benzene rings is 2. The Bertz CT molecular complexity index is 877. The van der Waals surface area contributed by atoms with Crippen molar-refractivity contribution in [1.82, 2.24) is 4.31 Å². The van der Waals surface area contributed by atoms with E-state index >= 15 is 0 Å². The highest BCUT2D eigenvalue weighted by molar-refractivity contribution is 7.89. The minimum absolute atomic E-state index is 0.111. The maximum atomic E-state index is 12.1. The molecule has 0 saturated carbocycles. The zero-order chi connectivity index (χ0) is 17.7. The first-order valence-electron chi connectivity index (χ1n) is 7.07. The topological polar surface area (TPSA) is 66.5 Å². The van der Waals surface area contributed by atoms with Crippen molar-refractivity contribution in [3.05, 3.63) is 65.2 Å². The first-order chi connectivity index (χ1) is 11.3. The Morgan fingerprint density at radius 1 is 1.12 bits per heavy atom. The number of sulfonamides is 1. The van der Waals surface area contributed by atoms with E-state index in [9.17, 15) is 13.2 Å². The molecule has 0 aromatic heterocycles. The Labute approximate surface area is 146 Å². The summed E-state index contributed by atoms with van der Waals surface area (Å²) in [5, 5.41) is 3.17. The van der Waals surface area contributed by atoms with Crippen molar-refractivity contribution in [2.75, 3.05) is 19.4 Å². The van der Waals surface area contributed by atoms with Crippen LogP contribution in [0.1, 0.15) is 5.56 Å². The van der Waals surface area contributed by atoms with Crippen LogP contribution in [-0.4, -0.2) is 32.7 Å². The number of rotatable bonds is 5. The van der Waals surface area contributed by atoms with Gasteiger partial charge in [-0.25, -0.2) is 12.7 Å². The minimum Gasteiger partial charge on any atom is -0.322 e. The van der Waals surface area contributed by atoms with E-state index in [1.54, 1.807) is 36.4 Å². The first kappa shape index (κ1) is 18.2. The summed E-state index contributed by atoms with van der Waals surface area (Å²) in [6.07, 6.45) is 2.94. The third-order valence-electron chi connectivity index (χ3n) is 3.20. The van der Waals surface area contributed by atoms with Gasteiger partial charge in [-0.05, 0) is 35.9 Å². The molecule has 0 aliphatic heterocycles. The second-order valence-electron chi connectivity index (χ2n) is 5.16. The van der Waals surface area contributed by atoms with Crippen LogP contribution in [0.4, 0.5) is 5.69 Å². The Balaban J connectivity index is 2.14. The van der Waals surface area contributed by atoms with Crippen LogP contribution in [0.25, 0.3) is 6.08 Å². The van der Waals surface area contributed by atoms with Crippen LogP contribution in [0, 0.1) is 0 Å². The van der Waals surface area contributed by atoms with Crippen LogP contribution in [0.2, 0.25) is 5.02 Å². The van der Waals surface area contributed by atoms with Crippen molar-refractivity contribution >= 4 is 39.3 Å². The molecule has 0 aliphatic rings. The summed E-state index contributed by atoms with van der Waals surface area (Å²) in [5.41, 5.74) is 1.12. The number of nitrogens with zero attached hydrogens (tertiary/aromatic N) is 1. The predicted molar refractivity (Wildman–Crippen MR) is 96.4 cm³/mol. The van der Waals surface area contributed by atoms with E-state index in [0.29, 0.717) is 10.7 Å². The molecule has 7 heteroatoms. The van der Waals surface area contributed by atoms with Crippen molar-refractivity contribution in [2.24, 2.45) is 0 Å². The highest BCUT2D eigenvalue weighted by Crippen LogP contribution is 2.19. The molecule has 0 spiro atoms.